The van der Waals surface area contributed by atoms with Crippen molar-refractivity contribution in [2.24, 2.45) is 0 Å². The van der Waals surface area contributed by atoms with E-state index in [9.17, 15) is 0 Å². The van der Waals surface area contributed by atoms with Crippen LogP contribution >= 0.6 is 15.9 Å². The van der Waals surface area contributed by atoms with Crippen LogP contribution in [0.1, 0.15) is 0 Å². The first-order valence-corrected chi connectivity index (χ1v) is 5.79. The molecule has 1 aromatic carbocycles. The van der Waals surface area contributed by atoms with Crippen molar-refractivity contribution in [2.75, 3.05) is 32.1 Å². The van der Waals surface area contributed by atoms with E-state index in [1.54, 1.807) is 7.11 Å². The van der Waals surface area contributed by atoms with Gasteiger partial charge in [0.25, 0.3) is 0 Å². The minimum absolute atomic E-state index is 0.577. The van der Waals surface area contributed by atoms with E-state index in [1.165, 1.54) is 0 Å². The Morgan fingerprint density at radius 3 is 2.73 bits per heavy atom. The quantitative estimate of drug-likeness (QED) is 0.908. The number of likely N-dealkylation sites (N-methyl/N-ethyl adjacent to an activating group) is 1. The normalized spacial score (nSPS) is 15.9. The number of anilines is 1. The van der Waals surface area contributed by atoms with Gasteiger partial charge in [0, 0.05) is 24.6 Å². The van der Waals surface area contributed by atoms with Crippen LogP contribution in [0.3, 0.4) is 0 Å². The molecule has 1 N–H and O–H groups in total. The summed E-state index contributed by atoms with van der Waals surface area (Å²) in [6.07, 6.45) is 0. The monoisotopic (exact) mass is 270 g/mol. The van der Waals surface area contributed by atoms with Crippen LogP contribution in [-0.2, 0) is 0 Å². The lowest BCUT2D eigenvalue weighted by Crippen LogP contribution is -2.56. The first kappa shape index (κ1) is 10.8. The summed E-state index contributed by atoms with van der Waals surface area (Å²) in [5.74, 6) is 0.924. The van der Waals surface area contributed by atoms with Crippen LogP contribution in [0.15, 0.2) is 22.7 Å². The summed E-state index contributed by atoms with van der Waals surface area (Å²) in [5, 5.41) is 3.27. The van der Waals surface area contributed by atoms with Crippen LogP contribution < -0.4 is 15.0 Å². The average molecular weight is 271 g/mol. The second-order valence-electron chi connectivity index (χ2n) is 3.74. The Bertz CT molecular complexity index is 352. The van der Waals surface area contributed by atoms with Gasteiger partial charge in [-0.05, 0) is 18.2 Å². The van der Waals surface area contributed by atoms with Gasteiger partial charge in [-0.15, -0.1) is 0 Å². The first-order chi connectivity index (χ1) is 7.22. The third-order valence-corrected chi connectivity index (χ3v) is 3.32. The Morgan fingerprint density at radius 1 is 1.47 bits per heavy atom. The summed E-state index contributed by atoms with van der Waals surface area (Å²) in [7, 11) is 3.81. The smallest absolute Gasteiger partial charge is 0.142 e. The third-order valence-electron chi connectivity index (χ3n) is 2.83. The van der Waals surface area contributed by atoms with Crippen molar-refractivity contribution in [3.8, 4) is 5.75 Å². The second kappa shape index (κ2) is 4.41. The zero-order chi connectivity index (χ0) is 10.8. The summed E-state index contributed by atoms with van der Waals surface area (Å²) in [6, 6.07) is 6.65. The van der Waals surface area contributed by atoms with Gasteiger partial charge in [0.1, 0.15) is 5.75 Å². The number of benzene rings is 1. The van der Waals surface area contributed by atoms with E-state index in [2.05, 4.69) is 39.3 Å². The van der Waals surface area contributed by atoms with Crippen molar-refractivity contribution in [3.63, 3.8) is 0 Å². The molecule has 1 saturated heterocycles. The predicted octanol–water partition coefficient (Wildman–Crippen LogP) is 1.87. The van der Waals surface area contributed by atoms with Crippen molar-refractivity contribution in [3.05, 3.63) is 22.7 Å². The van der Waals surface area contributed by atoms with E-state index >= 15 is 0 Å². The van der Waals surface area contributed by atoms with E-state index in [-0.39, 0.29) is 0 Å². The lowest BCUT2D eigenvalue weighted by atomic mass is 10.1. The topological polar surface area (TPSA) is 24.5 Å². The number of halogens is 1. The average Bonchev–Trinajstić information content (AvgIpc) is 2.15. The number of methoxy groups -OCH3 is 1. The number of hydrogen-bond donors (Lipinski definition) is 1. The lowest BCUT2D eigenvalue weighted by Gasteiger charge is -2.37. The Kier molecular flexibility index (Phi) is 3.17. The molecule has 1 aliphatic heterocycles. The number of rotatable bonds is 3. The standard InChI is InChI=1S/C11H15BrN2O/c1-14(9-6-13-7-9)10-5-8(12)3-4-11(10)15-2/h3-5,9,13H,6-7H2,1-2H3. The molecule has 0 unspecified atom stereocenters. The summed E-state index contributed by atoms with van der Waals surface area (Å²) >= 11 is 3.49. The van der Waals surface area contributed by atoms with Crippen molar-refractivity contribution in [2.45, 2.75) is 6.04 Å². The summed E-state index contributed by atoms with van der Waals surface area (Å²) < 4.78 is 6.44. The Morgan fingerprint density at radius 2 is 2.20 bits per heavy atom. The molecule has 4 heteroatoms. The largest absolute Gasteiger partial charge is 0.495 e. The Balaban J connectivity index is 2.27. The number of ether oxygens (including phenoxy) is 1. The van der Waals surface area contributed by atoms with Crippen molar-refractivity contribution >= 4 is 21.6 Å². The molecule has 82 valence electrons. The minimum atomic E-state index is 0.577. The zero-order valence-electron chi connectivity index (χ0n) is 8.96. The van der Waals surface area contributed by atoms with E-state index in [0.29, 0.717) is 6.04 Å². The fourth-order valence-corrected chi connectivity index (χ4v) is 2.03. The van der Waals surface area contributed by atoms with Crippen LogP contribution in [0, 0.1) is 0 Å². The lowest BCUT2D eigenvalue weighted by molar-refractivity contribution is 0.400. The van der Waals surface area contributed by atoms with Crippen LogP contribution in [0.4, 0.5) is 5.69 Å². The molecule has 0 saturated carbocycles. The molecule has 0 bridgehead atoms. The van der Waals surface area contributed by atoms with Crippen LogP contribution in [0.5, 0.6) is 5.75 Å². The number of nitrogens with one attached hydrogen (secondary N) is 1. The number of hydrogen-bond acceptors (Lipinski definition) is 3. The maximum atomic E-state index is 5.36. The highest BCUT2D eigenvalue weighted by Crippen LogP contribution is 2.32. The van der Waals surface area contributed by atoms with Crippen molar-refractivity contribution < 1.29 is 4.74 Å². The van der Waals surface area contributed by atoms with Crippen LogP contribution in [-0.4, -0.2) is 33.3 Å². The van der Waals surface area contributed by atoms with Crippen LogP contribution in [0.2, 0.25) is 0 Å². The molecule has 0 amide bonds. The molecule has 0 aromatic heterocycles. The van der Waals surface area contributed by atoms with E-state index in [0.717, 1.165) is 29.0 Å². The van der Waals surface area contributed by atoms with E-state index in [4.69, 9.17) is 4.74 Å². The second-order valence-corrected chi connectivity index (χ2v) is 4.65. The van der Waals surface area contributed by atoms with Gasteiger partial charge in [-0.25, -0.2) is 0 Å². The van der Waals surface area contributed by atoms with Gasteiger partial charge in [-0.2, -0.15) is 0 Å². The van der Waals surface area contributed by atoms with Crippen LogP contribution in [0.25, 0.3) is 0 Å². The van der Waals surface area contributed by atoms with Gasteiger partial charge in [0.2, 0.25) is 0 Å². The molecule has 1 heterocycles. The summed E-state index contributed by atoms with van der Waals surface area (Å²) in [5.41, 5.74) is 1.14. The molecule has 3 nitrogen and oxygen atoms in total. The molecular weight excluding hydrogens is 256 g/mol. The molecule has 1 fully saturated rings. The van der Waals surface area contributed by atoms with Gasteiger partial charge < -0.3 is 15.0 Å². The predicted molar refractivity (Wildman–Crippen MR) is 65.8 cm³/mol. The van der Waals surface area contributed by atoms with E-state index in [1.807, 2.05) is 12.1 Å². The fourth-order valence-electron chi connectivity index (χ4n) is 1.68. The third kappa shape index (κ3) is 2.11. The van der Waals surface area contributed by atoms with Gasteiger partial charge in [-0.3, -0.25) is 0 Å². The maximum absolute atomic E-state index is 5.36. The highest BCUT2D eigenvalue weighted by molar-refractivity contribution is 9.10. The zero-order valence-corrected chi connectivity index (χ0v) is 10.5. The maximum Gasteiger partial charge on any atom is 0.142 e. The Hall–Kier alpha value is -0.740. The molecule has 1 aliphatic rings. The highest BCUT2D eigenvalue weighted by Gasteiger charge is 2.23. The van der Waals surface area contributed by atoms with Crippen molar-refractivity contribution in [1.29, 1.82) is 0 Å². The van der Waals surface area contributed by atoms with Crippen molar-refractivity contribution in [1.82, 2.24) is 5.32 Å². The van der Waals surface area contributed by atoms with Gasteiger partial charge in [-0.1, -0.05) is 15.9 Å². The highest BCUT2D eigenvalue weighted by atomic mass is 79.9. The molecule has 0 atom stereocenters. The minimum Gasteiger partial charge on any atom is -0.495 e. The van der Waals surface area contributed by atoms with Gasteiger partial charge in [0.15, 0.2) is 0 Å². The SMILES string of the molecule is COc1ccc(Br)cc1N(C)C1CNC1. The molecule has 15 heavy (non-hydrogen) atoms. The molecule has 0 radical (unpaired) electrons. The first-order valence-electron chi connectivity index (χ1n) is 4.99. The van der Waals surface area contributed by atoms with E-state index < -0.39 is 0 Å². The fraction of sp³-hybridized carbons (Fsp3) is 0.455. The molecule has 2 rings (SSSR count). The molecule has 0 aliphatic carbocycles. The molecule has 1 aromatic rings. The molecule has 0 spiro atoms. The Labute approximate surface area is 98.5 Å². The molecular formula is C11H15BrN2O. The summed E-state index contributed by atoms with van der Waals surface area (Å²) in [6.45, 7) is 2.10. The summed E-state index contributed by atoms with van der Waals surface area (Å²) in [4.78, 5) is 2.26. The van der Waals surface area contributed by atoms with Gasteiger partial charge in [0.05, 0.1) is 18.8 Å². The number of nitrogens with zero attached hydrogens (tertiary/aromatic N) is 1. The van der Waals surface area contributed by atoms with Gasteiger partial charge >= 0.3 is 0 Å².